The molecule has 1 N–H and O–H groups in total. The SMILES string of the molecule is O=c1[nH]c(-c2ccc(F)cc2)nc2cc(F)c(F)cc12. The van der Waals surface area contributed by atoms with Gasteiger partial charge in [-0.2, -0.15) is 0 Å². The third kappa shape index (κ3) is 2.05. The fourth-order valence-corrected chi connectivity index (χ4v) is 1.88. The number of fused-ring (bicyclic) bond motifs is 1. The van der Waals surface area contributed by atoms with Gasteiger partial charge in [0.1, 0.15) is 11.6 Å². The molecule has 0 fully saturated rings. The Labute approximate surface area is 110 Å². The van der Waals surface area contributed by atoms with Crippen molar-refractivity contribution in [2.75, 3.05) is 0 Å². The summed E-state index contributed by atoms with van der Waals surface area (Å²) in [7, 11) is 0. The van der Waals surface area contributed by atoms with Crippen LogP contribution >= 0.6 is 0 Å². The Hall–Kier alpha value is -2.63. The molecule has 0 saturated carbocycles. The summed E-state index contributed by atoms with van der Waals surface area (Å²) in [4.78, 5) is 18.4. The summed E-state index contributed by atoms with van der Waals surface area (Å²) in [6.07, 6.45) is 0. The first-order valence-corrected chi connectivity index (χ1v) is 5.69. The van der Waals surface area contributed by atoms with Gasteiger partial charge in [0.25, 0.3) is 5.56 Å². The third-order valence-corrected chi connectivity index (χ3v) is 2.87. The molecule has 3 rings (SSSR count). The molecule has 0 saturated heterocycles. The smallest absolute Gasteiger partial charge is 0.259 e. The maximum atomic E-state index is 13.2. The van der Waals surface area contributed by atoms with E-state index in [4.69, 9.17) is 0 Å². The second-order valence-corrected chi connectivity index (χ2v) is 4.20. The zero-order valence-electron chi connectivity index (χ0n) is 9.95. The molecule has 1 aromatic heterocycles. The van der Waals surface area contributed by atoms with Gasteiger partial charge < -0.3 is 4.98 Å². The number of aromatic amines is 1. The third-order valence-electron chi connectivity index (χ3n) is 2.87. The average molecular weight is 276 g/mol. The lowest BCUT2D eigenvalue weighted by Gasteiger charge is -2.03. The molecule has 0 aliphatic carbocycles. The van der Waals surface area contributed by atoms with E-state index in [2.05, 4.69) is 9.97 Å². The van der Waals surface area contributed by atoms with Crippen LogP contribution in [-0.4, -0.2) is 9.97 Å². The molecule has 0 bridgehead atoms. The van der Waals surface area contributed by atoms with Crippen molar-refractivity contribution >= 4 is 10.9 Å². The molecule has 6 heteroatoms. The summed E-state index contributed by atoms with van der Waals surface area (Å²) in [5.41, 5.74) is -0.0877. The van der Waals surface area contributed by atoms with E-state index >= 15 is 0 Å². The van der Waals surface area contributed by atoms with Crippen molar-refractivity contribution in [2.24, 2.45) is 0 Å². The highest BCUT2D eigenvalue weighted by molar-refractivity contribution is 5.79. The van der Waals surface area contributed by atoms with Crippen LogP contribution in [0.4, 0.5) is 13.2 Å². The van der Waals surface area contributed by atoms with Crippen LogP contribution in [0, 0.1) is 17.5 Å². The van der Waals surface area contributed by atoms with Crippen molar-refractivity contribution in [3.05, 3.63) is 64.2 Å². The molecule has 2 aromatic carbocycles. The minimum atomic E-state index is -1.11. The molecular formula is C14H7F3N2O. The lowest BCUT2D eigenvalue weighted by molar-refractivity contribution is 0.510. The average Bonchev–Trinajstić information content (AvgIpc) is 2.42. The second-order valence-electron chi connectivity index (χ2n) is 4.20. The lowest BCUT2D eigenvalue weighted by Crippen LogP contribution is -2.10. The minimum absolute atomic E-state index is 0.0342. The molecule has 0 spiro atoms. The van der Waals surface area contributed by atoms with Gasteiger partial charge in [0, 0.05) is 11.6 Å². The molecule has 0 aliphatic rings. The van der Waals surface area contributed by atoms with Gasteiger partial charge in [-0.3, -0.25) is 4.79 Å². The van der Waals surface area contributed by atoms with Crippen molar-refractivity contribution < 1.29 is 13.2 Å². The summed E-state index contributed by atoms with van der Waals surface area (Å²) in [6, 6.07) is 6.94. The Morgan fingerprint density at radius 1 is 0.950 bits per heavy atom. The Morgan fingerprint density at radius 2 is 1.60 bits per heavy atom. The highest BCUT2D eigenvalue weighted by atomic mass is 19.2. The minimum Gasteiger partial charge on any atom is -0.306 e. The number of benzene rings is 2. The quantitative estimate of drug-likeness (QED) is 0.742. The maximum absolute atomic E-state index is 13.2. The first-order valence-electron chi connectivity index (χ1n) is 5.69. The van der Waals surface area contributed by atoms with Crippen LogP contribution in [0.1, 0.15) is 0 Å². The topological polar surface area (TPSA) is 45.8 Å². The summed E-state index contributed by atoms with van der Waals surface area (Å²) in [5.74, 6) is -2.46. The molecule has 0 unspecified atom stereocenters. The van der Waals surface area contributed by atoms with Crippen LogP contribution in [0.5, 0.6) is 0 Å². The van der Waals surface area contributed by atoms with E-state index in [-0.39, 0.29) is 16.7 Å². The van der Waals surface area contributed by atoms with E-state index in [9.17, 15) is 18.0 Å². The number of hydrogen-bond acceptors (Lipinski definition) is 2. The van der Waals surface area contributed by atoms with Gasteiger partial charge in [-0.25, -0.2) is 18.2 Å². The Kier molecular flexibility index (Phi) is 2.78. The van der Waals surface area contributed by atoms with Crippen molar-refractivity contribution in [1.82, 2.24) is 9.97 Å². The first-order chi connectivity index (χ1) is 9.54. The van der Waals surface area contributed by atoms with Gasteiger partial charge in [-0.05, 0) is 30.3 Å². The molecule has 0 amide bonds. The van der Waals surface area contributed by atoms with Gasteiger partial charge in [-0.1, -0.05) is 0 Å². The summed E-state index contributed by atoms with van der Waals surface area (Å²) < 4.78 is 39.1. The molecule has 3 nitrogen and oxygen atoms in total. The first kappa shape index (κ1) is 12.4. The van der Waals surface area contributed by atoms with Crippen molar-refractivity contribution in [1.29, 1.82) is 0 Å². The van der Waals surface area contributed by atoms with E-state index in [1.165, 1.54) is 24.3 Å². The van der Waals surface area contributed by atoms with Crippen molar-refractivity contribution in [3.63, 3.8) is 0 Å². The van der Waals surface area contributed by atoms with Gasteiger partial charge in [0.2, 0.25) is 0 Å². The molecule has 100 valence electrons. The molecule has 20 heavy (non-hydrogen) atoms. The van der Waals surface area contributed by atoms with Crippen LogP contribution in [0.15, 0.2) is 41.2 Å². The number of rotatable bonds is 1. The number of hydrogen-bond donors (Lipinski definition) is 1. The van der Waals surface area contributed by atoms with Crippen LogP contribution in [0.25, 0.3) is 22.3 Å². The molecular weight excluding hydrogens is 269 g/mol. The number of nitrogens with one attached hydrogen (secondary N) is 1. The van der Waals surface area contributed by atoms with Crippen LogP contribution < -0.4 is 5.56 Å². The molecule has 0 aliphatic heterocycles. The number of halogens is 3. The zero-order chi connectivity index (χ0) is 14.3. The molecule has 1 heterocycles. The normalized spacial score (nSPS) is 10.9. The summed E-state index contributed by atoms with van der Waals surface area (Å²) >= 11 is 0. The molecule has 0 radical (unpaired) electrons. The second kappa shape index (κ2) is 4.48. The highest BCUT2D eigenvalue weighted by Crippen LogP contribution is 2.18. The molecule has 3 aromatic rings. The van der Waals surface area contributed by atoms with Crippen molar-refractivity contribution in [3.8, 4) is 11.4 Å². The zero-order valence-corrected chi connectivity index (χ0v) is 9.95. The number of aromatic nitrogens is 2. The van der Waals surface area contributed by atoms with Crippen LogP contribution in [0.3, 0.4) is 0 Å². The van der Waals surface area contributed by atoms with E-state index < -0.39 is 23.0 Å². The maximum Gasteiger partial charge on any atom is 0.259 e. The Bertz CT molecular complexity index is 857. The van der Waals surface area contributed by atoms with Gasteiger partial charge in [0.15, 0.2) is 11.6 Å². The largest absolute Gasteiger partial charge is 0.306 e. The predicted octanol–water partition coefficient (Wildman–Crippen LogP) is 3.01. The summed E-state index contributed by atoms with van der Waals surface area (Å²) in [6.45, 7) is 0. The summed E-state index contributed by atoms with van der Waals surface area (Å²) in [5, 5.41) is -0.0465. The fraction of sp³-hybridized carbons (Fsp3) is 0. The fourth-order valence-electron chi connectivity index (χ4n) is 1.88. The van der Waals surface area contributed by atoms with E-state index in [1.807, 2.05) is 0 Å². The highest BCUT2D eigenvalue weighted by Gasteiger charge is 2.10. The van der Waals surface area contributed by atoms with Gasteiger partial charge >= 0.3 is 0 Å². The number of nitrogens with zero attached hydrogens (tertiary/aromatic N) is 1. The Balaban J connectivity index is 2.26. The number of H-pyrrole nitrogens is 1. The van der Waals surface area contributed by atoms with Gasteiger partial charge in [-0.15, -0.1) is 0 Å². The van der Waals surface area contributed by atoms with Crippen molar-refractivity contribution in [2.45, 2.75) is 0 Å². The predicted molar refractivity (Wildman–Crippen MR) is 67.7 cm³/mol. The van der Waals surface area contributed by atoms with Gasteiger partial charge in [0.05, 0.1) is 10.9 Å². The standard InChI is InChI=1S/C14H7F3N2O/c15-8-3-1-7(2-4-8)13-18-12-6-11(17)10(16)5-9(12)14(20)19-13/h1-6H,(H,18,19,20). The van der Waals surface area contributed by atoms with E-state index in [0.29, 0.717) is 5.56 Å². The Morgan fingerprint density at radius 3 is 2.30 bits per heavy atom. The van der Waals surface area contributed by atoms with Crippen LogP contribution in [-0.2, 0) is 0 Å². The lowest BCUT2D eigenvalue weighted by atomic mass is 10.2. The monoisotopic (exact) mass is 276 g/mol. The van der Waals surface area contributed by atoms with E-state index in [0.717, 1.165) is 12.1 Å². The molecule has 0 atom stereocenters. The van der Waals surface area contributed by atoms with Crippen LogP contribution in [0.2, 0.25) is 0 Å². The van der Waals surface area contributed by atoms with E-state index in [1.54, 1.807) is 0 Å².